The molecule has 0 radical (unpaired) electrons. The fourth-order valence-corrected chi connectivity index (χ4v) is 1.60. The predicted molar refractivity (Wildman–Crippen MR) is 81.0 cm³/mol. The zero-order valence-electron chi connectivity index (χ0n) is 11.9. The molecule has 0 fully saturated rings. The van der Waals surface area contributed by atoms with Crippen LogP contribution < -0.4 is 10.2 Å². The average molecular weight is 298 g/mol. The Morgan fingerprint density at radius 1 is 1.09 bits per heavy atom. The van der Waals surface area contributed by atoms with Gasteiger partial charge in [0.2, 0.25) is 0 Å². The van der Waals surface area contributed by atoms with Crippen LogP contribution in [0.4, 0.5) is 4.79 Å². The number of nitrogens with one attached hydrogen (secondary N) is 1. The van der Waals surface area contributed by atoms with E-state index in [0.717, 1.165) is 0 Å². The van der Waals surface area contributed by atoms with E-state index in [2.05, 4.69) is 15.3 Å². The normalized spacial score (nSPS) is 10.2. The van der Waals surface area contributed by atoms with E-state index in [0.29, 0.717) is 16.9 Å². The van der Waals surface area contributed by atoms with E-state index in [4.69, 9.17) is 4.74 Å². The van der Waals surface area contributed by atoms with E-state index >= 15 is 0 Å². The first-order valence-electron chi connectivity index (χ1n) is 6.43. The predicted octanol–water partition coefficient (Wildman–Crippen LogP) is 2.60. The Labute approximate surface area is 127 Å². The van der Waals surface area contributed by atoms with Crippen LogP contribution in [-0.4, -0.2) is 25.4 Å². The standard InChI is InChI=1S/C16H14N2O4/c1-21-16(20)18-17-11-12-6-5-9-14(10-12)22-15(19)13-7-3-2-4-8-13/h2-11H,1H3,(H,18,20)/b17-11-. The molecule has 0 saturated heterocycles. The van der Waals surface area contributed by atoms with Gasteiger partial charge in [0, 0.05) is 0 Å². The number of benzene rings is 2. The van der Waals surface area contributed by atoms with Gasteiger partial charge in [-0.3, -0.25) is 0 Å². The van der Waals surface area contributed by atoms with Gasteiger partial charge in [-0.25, -0.2) is 15.0 Å². The van der Waals surface area contributed by atoms with E-state index < -0.39 is 12.1 Å². The van der Waals surface area contributed by atoms with E-state index in [-0.39, 0.29) is 0 Å². The largest absolute Gasteiger partial charge is 0.452 e. The lowest BCUT2D eigenvalue weighted by atomic mass is 10.2. The number of methoxy groups -OCH3 is 1. The van der Waals surface area contributed by atoms with Crippen LogP contribution in [0.1, 0.15) is 15.9 Å². The summed E-state index contributed by atoms with van der Waals surface area (Å²) < 4.78 is 9.66. The first-order valence-corrected chi connectivity index (χ1v) is 6.43. The number of amides is 1. The molecular weight excluding hydrogens is 284 g/mol. The van der Waals surface area contributed by atoms with Gasteiger partial charge in [-0.2, -0.15) is 5.10 Å². The maximum absolute atomic E-state index is 11.9. The molecule has 22 heavy (non-hydrogen) atoms. The van der Waals surface area contributed by atoms with Crippen LogP contribution in [0.2, 0.25) is 0 Å². The Hall–Kier alpha value is -3.15. The Bertz CT molecular complexity index is 684. The third-order valence-electron chi connectivity index (χ3n) is 2.63. The van der Waals surface area contributed by atoms with Crippen LogP contribution in [-0.2, 0) is 4.74 Å². The third kappa shape index (κ3) is 4.45. The van der Waals surface area contributed by atoms with Crippen LogP contribution in [0, 0.1) is 0 Å². The molecule has 0 aliphatic heterocycles. The van der Waals surface area contributed by atoms with Crippen LogP contribution in [0.5, 0.6) is 5.75 Å². The van der Waals surface area contributed by atoms with Crippen molar-refractivity contribution in [3.05, 3.63) is 65.7 Å². The van der Waals surface area contributed by atoms with Crippen molar-refractivity contribution in [2.75, 3.05) is 7.11 Å². The second kappa shape index (κ2) is 7.58. The van der Waals surface area contributed by atoms with Crippen molar-refractivity contribution >= 4 is 18.3 Å². The van der Waals surface area contributed by atoms with E-state index in [9.17, 15) is 9.59 Å². The minimum absolute atomic E-state index is 0.385. The number of rotatable bonds is 4. The second-order valence-corrected chi connectivity index (χ2v) is 4.19. The molecule has 1 amide bonds. The lowest BCUT2D eigenvalue weighted by molar-refractivity contribution is 0.0734. The van der Waals surface area contributed by atoms with Gasteiger partial charge in [0.1, 0.15) is 5.75 Å². The summed E-state index contributed by atoms with van der Waals surface area (Å²) in [4.78, 5) is 22.8. The molecule has 6 nitrogen and oxygen atoms in total. The average Bonchev–Trinajstić information content (AvgIpc) is 2.56. The highest BCUT2D eigenvalue weighted by Gasteiger charge is 2.07. The maximum Gasteiger partial charge on any atom is 0.427 e. The van der Waals surface area contributed by atoms with Gasteiger partial charge < -0.3 is 9.47 Å². The molecule has 112 valence electrons. The lowest BCUT2D eigenvalue weighted by Crippen LogP contribution is -2.16. The van der Waals surface area contributed by atoms with Gasteiger partial charge in [0.05, 0.1) is 18.9 Å². The minimum atomic E-state index is -0.664. The van der Waals surface area contributed by atoms with E-state index in [1.54, 1.807) is 48.5 Å². The van der Waals surface area contributed by atoms with Gasteiger partial charge >= 0.3 is 12.1 Å². The zero-order valence-corrected chi connectivity index (χ0v) is 11.9. The highest BCUT2D eigenvalue weighted by molar-refractivity contribution is 5.91. The first-order chi connectivity index (χ1) is 10.7. The SMILES string of the molecule is COC(=O)N/N=C\c1cccc(OC(=O)c2ccccc2)c1. The number of hydrazone groups is 1. The van der Waals surface area contributed by atoms with Gasteiger partial charge in [-0.05, 0) is 29.8 Å². The van der Waals surface area contributed by atoms with E-state index in [1.165, 1.54) is 13.3 Å². The minimum Gasteiger partial charge on any atom is -0.452 e. The van der Waals surface area contributed by atoms with Crippen molar-refractivity contribution in [2.45, 2.75) is 0 Å². The Morgan fingerprint density at radius 3 is 2.59 bits per heavy atom. The number of esters is 1. The van der Waals surface area contributed by atoms with Crippen LogP contribution in [0.25, 0.3) is 0 Å². The highest BCUT2D eigenvalue weighted by Crippen LogP contribution is 2.14. The van der Waals surface area contributed by atoms with Crippen molar-refractivity contribution in [3.63, 3.8) is 0 Å². The molecule has 0 bridgehead atoms. The Morgan fingerprint density at radius 2 is 1.86 bits per heavy atom. The third-order valence-corrected chi connectivity index (χ3v) is 2.63. The van der Waals surface area contributed by atoms with Gasteiger partial charge in [-0.15, -0.1) is 0 Å². The van der Waals surface area contributed by atoms with Gasteiger partial charge in [-0.1, -0.05) is 30.3 Å². The Balaban J connectivity index is 2.02. The smallest absolute Gasteiger partial charge is 0.427 e. The molecule has 2 aromatic carbocycles. The van der Waals surface area contributed by atoms with E-state index in [1.807, 2.05) is 6.07 Å². The topological polar surface area (TPSA) is 77.0 Å². The quantitative estimate of drug-likeness (QED) is 0.407. The molecule has 0 spiro atoms. The number of ether oxygens (including phenoxy) is 2. The number of hydrogen-bond acceptors (Lipinski definition) is 5. The van der Waals surface area contributed by atoms with Crippen LogP contribution >= 0.6 is 0 Å². The molecule has 0 unspecified atom stereocenters. The number of carbonyl (C=O) groups is 2. The summed E-state index contributed by atoms with van der Waals surface area (Å²) in [6.45, 7) is 0. The maximum atomic E-state index is 11.9. The second-order valence-electron chi connectivity index (χ2n) is 4.19. The van der Waals surface area contributed by atoms with Crippen molar-refractivity contribution in [1.29, 1.82) is 0 Å². The monoisotopic (exact) mass is 298 g/mol. The summed E-state index contributed by atoms with van der Waals surface area (Å²) in [5, 5.41) is 3.70. The summed E-state index contributed by atoms with van der Waals surface area (Å²) in [5.74, 6) is -0.0572. The van der Waals surface area contributed by atoms with Crippen molar-refractivity contribution in [1.82, 2.24) is 5.43 Å². The van der Waals surface area contributed by atoms with Crippen molar-refractivity contribution in [2.24, 2.45) is 5.10 Å². The molecule has 0 aliphatic rings. The summed E-state index contributed by atoms with van der Waals surface area (Å²) in [6, 6.07) is 15.4. The lowest BCUT2D eigenvalue weighted by Gasteiger charge is -2.04. The number of nitrogens with zero attached hydrogens (tertiary/aromatic N) is 1. The summed E-state index contributed by atoms with van der Waals surface area (Å²) in [6.07, 6.45) is 0.749. The fraction of sp³-hybridized carbons (Fsp3) is 0.0625. The molecule has 6 heteroatoms. The molecular formula is C16H14N2O4. The molecule has 1 N–H and O–H groups in total. The fourth-order valence-electron chi connectivity index (χ4n) is 1.60. The highest BCUT2D eigenvalue weighted by atomic mass is 16.5. The van der Waals surface area contributed by atoms with Crippen LogP contribution in [0.15, 0.2) is 59.7 Å². The van der Waals surface area contributed by atoms with Gasteiger partial charge in [0.25, 0.3) is 0 Å². The molecule has 0 aliphatic carbocycles. The van der Waals surface area contributed by atoms with Gasteiger partial charge in [0.15, 0.2) is 0 Å². The summed E-state index contributed by atoms with van der Waals surface area (Å²) >= 11 is 0. The molecule has 0 heterocycles. The molecule has 2 aromatic rings. The number of carbonyl (C=O) groups excluding carboxylic acids is 2. The Kier molecular flexibility index (Phi) is 5.25. The van der Waals surface area contributed by atoms with Crippen LogP contribution in [0.3, 0.4) is 0 Å². The zero-order chi connectivity index (χ0) is 15.8. The van der Waals surface area contributed by atoms with Crippen molar-refractivity contribution in [3.8, 4) is 5.75 Å². The molecule has 0 atom stereocenters. The molecule has 0 aromatic heterocycles. The first kappa shape index (κ1) is 15.2. The summed E-state index contributed by atoms with van der Waals surface area (Å²) in [7, 11) is 1.24. The van der Waals surface area contributed by atoms with Crippen molar-refractivity contribution < 1.29 is 19.1 Å². The molecule has 0 saturated carbocycles. The summed E-state index contributed by atoms with van der Waals surface area (Å²) in [5.41, 5.74) is 3.30. The number of hydrogen-bond donors (Lipinski definition) is 1. The molecule has 2 rings (SSSR count).